The van der Waals surface area contributed by atoms with Crippen LogP contribution in [0.3, 0.4) is 0 Å². The van der Waals surface area contributed by atoms with Crippen molar-refractivity contribution >= 4 is 0 Å². The van der Waals surface area contributed by atoms with E-state index in [-0.39, 0.29) is 12.0 Å². The zero-order valence-electron chi connectivity index (χ0n) is 9.86. The van der Waals surface area contributed by atoms with Gasteiger partial charge in [0.2, 0.25) is 0 Å². The van der Waals surface area contributed by atoms with E-state index >= 15 is 0 Å². The van der Waals surface area contributed by atoms with Crippen molar-refractivity contribution in [2.24, 2.45) is 5.11 Å². The first-order valence-corrected chi connectivity index (χ1v) is 5.14. The zero-order chi connectivity index (χ0) is 12.0. The van der Waals surface area contributed by atoms with Crippen molar-refractivity contribution in [2.75, 3.05) is 6.54 Å². The Balaban J connectivity index is 2.78. The Morgan fingerprint density at radius 3 is 2.38 bits per heavy atom. The van der Waals surface area contributed by atoms with Crippen LogP contribution in [-0.4, -0.2) is 6.54 Å². The summed E-state index contributed by atoms with van der Waals surface area (Å²) in [5.41, 5.74) is 10.5. The molecule has 0 amide bonds. The van der Waals surface area contributed by atoms with E-state index in [0.29, 0.717) is 0 Å². The van der Waals surface area contributed by atoms with Crippen LogP contribution in [0.25, 0.3) is 10.4 Å². The van der Waals surface area contributed by atoms with Crippen LogP contribution >= 0.6 is 0 Å². The quantitative estimate of drug-likeness (QED) is 0.296. The van der Waals surface area contributed by atoms with Crippen molar-refractivity contribution in [3.8, 4) is 11.8 Å². The van der Waals surface area contributed by atoms with E-state index in [1.165, 1.54) is 5.56 Å². The van der Waals surface area contributed by atoms with Crippen molar-refractivity contribution < 1.29 is 0 Å². The highest BCUT2D eigenvalue weighted by molar-refractivity contribution is 5.38. The third kappa shape index (κ3) is 3.68. The van der Waals surface area contributed by atoms with Gasteiger partial charge in [-0.3, -0.25) is 0 Å². The molecule has 0 radical (unpaired) electrons. The van der Waals surface area contributed by atoms with E-state index < -0.39 is 0 Å². The normalized spacial score (nSPS) is 9.94. The van der Waals surface area contributed by atoms with E-state index in [1.807, 2.05) is 12.1 Å². The topological polar surface area (TPSA) is 48.8 Å². The fourth-order valence-corrected chi connectivity index (χ4v) is 1.26. The summed E-state index contributed by atoms with van der Waals surface area (Å²) in [5.74, 6) is 5.73. The van der Waals surface area contributed by atoms with E-state index in [9.17, 15) is 0 Å². The molecule has 16 heavy (non-hydrogen) atoms. The number of hydrogen-bond acceptors (Lipinski definition) is 1. The number of nitrogens with zero attached hydrogens (tertiary/aromatic N) is 3. The second-order valence-corrected chi connectivity index (χ2v) is 4.52. The van der Waals surface area contributed by atoms with Gasteiger partial charge in [0, 0.05) is 10.5 Å². The lowest BCUT2D eigenvalue weighted by molar-refractivity contribution is 0.590. The van der Waals surface area contributed by atoms with Crippen molar-refractivity contribution in [3.63, 3.8) is 0 Å². The maximum Gasteiger partial charge on any atom is 0.0880 e. The summed E-state index contributed by atoms with van der Waals surface area (Å²) in [7, 11) is 0. The van der Waals surface area contributed by atoms with Crippen LogP contribution in [0.4, 0.5) is 0 Å². The van der Waals surface area contributed by atoms with Gasteiger partial charge in [0.25, 0.3) is 0 Å². The molecule has 0 saturated carbocycles. The Hall–Kier alpha value is -1.91. The van der Waals surface area contributed by atoms with Gasteiger partial charge in [-0.25, -0.2) is 0 Å². The molecule has 3 heteroatoms. The molecular formula is C13H15N3. The number of rotatable bonds is 1. The van der Waals surface area contributed by atoms with E-state index in [1.54, 1.807) is 0 Å². The highest BCUT2D eigenvalue weighted by atomic mass is 15.1. The van der Waals surface area contributed by atoms with Gasteiger partial charge in [-0.15, -0.1) is 0 Å². The van der Waals surface area contributed by atoms with Crippen LogP contribution in [0, 0.1) is 11.8 Å². The van der Waals surface area contributed by atoms with Crippen LogP contribution in [0.1, 0.15) is 31.9 Å². The molecule has 0 aliphatic heterocycles. The van der Waals surface area contributed by atoms with Crippen LogP contribution in [0.5, 0.6) is 0 Å². The highest BCUT2D eigenvalue weighted by Gasteiger charge is 2.12. The van der Waals surface area contributed by atoms with Gasteiger partial charge in [0.1, 0.15) is 0 Å². The van der Waals surface area contributed by atoms with E-state index in [2.05, 4.69) is 54.8 Å². The fraction of sp³-hybridized carbons (Fsp3) is 0.385. The second-order valence-electron chi connectivity index (χ2n) is 4.52. The maximum absolute atomic E-state index is 8.08. The lowest BCUT2D eigenvalue weighted by Gasteiger charge is -2.18. The summed E-state index contributed by atoms with van der Waals surface area (Å²) >= 11 is 0. The monoisotopic (exact) mass is 213 g/mol. The van der Waals surface area contributed by atoms with Gasteiger partial charge in [-0.1, -0.05) is 49.9 Å². The summed E-state index contributed by atoms with van der Waals surface area (Å²) < 4.78 is 0. The Morgan fingerprint density at radius 1 is 1.25 bits per heavy atom. The van der Waals surface area contributed by atoms with Gasteiger partial charge < -0.3 is 0 Å². The molecule has 1 rings (SSSR count). The predicted octanol–water partition coefficient (Wildman–Crippen LogP) is 3.65. The lowest BCUT2D eigenvalue weighted by Crippen LogP contribution is -2.10. The van der Waals surface area contributed by atoms with E-state index in [0.717, 1.165) is 5.56 Å². The molecule has 3 nitrogen and oxygen atoms in total. The molecule has 0 N–H and O–H groups in total. The number of azide groups is 1. The molecule has 82 valence electrons. The molecule has 0 atom stereocenters. The first kappa shape index (κ1) is 12.2. The van der Waals surface area contributed by atoms with Crippen LogP contribution in [-0.2, 0) is 5.41 Å². The molecule has 1 aromatic rings. The summed E-state index contributed by atoms with van der Waals surface area (Å²) in [6.45, 7) is 6.75. The molecule has 0 bridgehead atoms. The van der Waals surface area contributed by atoms with Gasteiger partial charge >= 0.3 is 0 Å². The molecule has 0 aromatic heterocycles. The third-order valence-electron chi connectivity index (χ3n) is 2.20. The highest BCUT2D eigenvalue weighted by Crippen LogP contribution is 2.21. The number of hydrogen-bond donors (Lipinski definition) is 0. The summed E-state index contributed by atoms with van der Waals surface area (Å²) in [6, 6.07) is 8.14. The Kier molecular flexibility index (Phi) is 3.99. The van der Waals surface area contributed by atoms with Crippen molar-refractivity contribution in [1.29, 1.82) is 0 Å². The molecule has 0 aliphatic carbocycles. The SMILES string of the molecule is CC(C)(C)c1ccc(C#CCN=[N+]=[N-])cc1. The minimum atomic E-state index is 0.164. The zero-order valence-corrected chi connectivity index (χ0v) is 9.86. The number of benzene rings is 1. The van der Waals surface area contributed by atoms with Crippen molar-refractivity contribution in [3.05, 3.63) is 45.8 Å². The lowest BCUT2D eigenvalue weighted by atomic mass is 9.87. The van der Waals surface area contributed by atoms with Gasteiger partial charge in [-0.2, -0.15) is 0 Å². The minimum Gasteiger partial charge on any atom is -0.0919 e. The standard InChI is InChI=1S/C13H15N3/c1-13(2,3)12-8-6-11(7-9-12)5-4-10-15-16-14/h6-9H,10H2,1-3H3. The smallest absolute Gasteiger partial charge is 0.0880 e. The molecule has 0 unspecified atom stereocenters. The second kappa shape index (κ2) is 5.25. The van der Waals surface area contributed by atoms with Crippen molar-refractivity contribution in [1.82, 2.24) is 0 Å². The fourth-order valence-electron chi connectivity index (χ4n) is 1.26. The first-order valence-electron chi connectivity index (χ1n) is 5.14. The maximum atomic E-state index is 8.08. The van der Waals surface area contributed by atoms with Gasteiger partial charge in [0.05, 0.1) is 6.54 Å². The van der Waals surface area contributed by atoms with Gasteiger partial charge in [-0.05, 0) is 28.6 Å². The van der Waals surface area contributed by atoms with Crippen molar-refractivity contribution in [2.45, 2.75) is 26.2 Å². The molecule has 0 spiro atoms. The van der Waals surface area contributed by atoms with Crippen LogP contribution in [0.2, 0.25) is 0 Å². The average Bonchev–Trinajstić information content (AvgIpc) is 2.24. The summed E-state index contributed by atoms with van der Waals surface area (Å²) in [6.07, 6.45) is 0. The first-order chi connectivity index (χ1) is 7.54. The average molecular weight is 213 g/mol. The Morgan fingerprint density at radius 2 is 1.88 bits per heavy atom. The third-order valence-corrected chi connectivity index (χ3v) is 2.20. The molecule has 0 saturated heterocycles. The van der Waals surface area contributed by atoms with Crippen LogP contribution < -0.4 is 0 Å². The predicted molar refractivity (Wildman–Crippen MR) is 66.0 cm³/mol. The van der Waals surface area contributed by atoms with E-state index in [4.69, 9.17) is 5.53 Å². The molecular weight excluding hydrogens is 198 g/mol. The molecule has 0 heterocycles. The van der Waals surface area contributed by atoms with Gasteiger partial charge in [0.15, 0.2) is 0 Å². The summed E-state index contributed by atoms with van der Waals surface area (Å²) in [4.78, 5) is 2.64. The summed E-state index contributed by atoms with van der Waals surface area (Å²) in [5, 5.41) is 3.35. The van der Waals surface area contributed by atoms with Crippen LogP contribution in [0.15, 0.2) is 29.4 Å². The molecule has 0 fully saturated rings. The Labute approximate surface area is 96.1 Å². The minimum absolute atomic E-state index is 0.164. The largest absolute Gasteiger partial charge is 0.0919 e. The Bertz CT molecular complexity index is 449. The molecule has 1 aromatic carbocycles. The molecule has 0 aliphatic rings.